The molecule has 0 radical (unpaired) electrons. The summed E-state index contributed by atoms with van der Waals surface area (Å²) in [6, 6.07) is 5.87. The summed E-state index contributed by atoms with van der Waals surface area (Å²) < 4.78 is 14.0. The Morgan fingerprint density at radius 1 is 1.14 bits per heavy atom. The second kappa shape index (κ2) is 10.2. The molecule has 0 saturated carbocycles. The van der Waals surface area contributed by atoms with Crippen molar-refractivity contribution in [1.29, 1.82) is 0 Å². The van der Waals surface area contributed by atoms with Crippen LogP contribution >= 0.6 is 24.0 Å². The van der Waals surface area contributed by atoms with Gasteiger partial charge in [-0.1, -0.05) is 30.0 Å². The number of anilines is 1. The van der Waals surface area contributed by atoms with Crippen LogP contribution in [0.2, 0.25) is 0 Å². The molecule has 0 unspecified atom stereocenters. The minimum absolute atomic E-state index is 0.106. The van der Waals surface area contributed by atoms with Crippen molar-refractivity contribution >= 4 is 45.8 Å². The van der Waals surface area contributed by atoms with Gasteiger partial charge in [0, 0.05) is 18.8 Å². The zero-order valence-electron chi connectivity index (χ0n) is 15.8. The van der Waals surface area contributed by atoms with Crippen molar-refractivity contribution < 1.29 is 18.9 Å². The van der Waals surface area contributed by atoms with Crippen molar-refractivity contribution in [2.75, 3.05) is 56.9 Å². The quantitative estimate of drug-likeness (QED) is 0.677. The molecule has 0 atom stereocenters. The Hall–Kier alpha value is -1.71. The SMILES string of the molecule is O=C(C[NH+]1CCN(C(=O)CSC(=S)N2CCCC2)CC1)Nc1cccc(F)c1. The maximum atomic E-state index is 13.2. The van der Waals surface area contributed by atoms with Gasteiger partial charge < -0.3 is 20.0 Å². The Balaban J connectivity index is 1.36. The largest absolute Gasteiger partial charge is 0.358 e. The number of carbonyl (C=O) groups is 2. The van der Waals surface area contributed by atoms with E-state index in [-0.39, 0.29) is 17.6 Å². The van der Waals surface area contributed by atoms with Gasteiger partial charge in [0.1, 0.15) is 10.1 Å². The van der Waals surface area contributed by atoms with E-state index < -0.39 is 0 Å². The van der Waals surface area contributed by atoms with Gasteiger partial charge in [-0.05, 0) is 31.0 Å². The van der Waals surface area contributed by atoms with Crippen LogP contribution in [0.15, 0.2) is 24.3 Å². The zero-order chi connectivity index (χ0) is 19.9. The number of rotatable bonds is 5. The van der Waals surface area contributed by atoms with Crippen LogP contribution in [0.5, 0.6) is 0 Å². The minimum Gasteiger partial charge on any atom is -0.358 e. The summed E-state index contributed by atoms with van der Waals surface area (Å²) in [6.45, 7) is 5.04. The molecule has 3 rings (SSSR count). The first kappa shape index (κ1) is 21.0. The number of nitrogens with one attached hydrogen (secondary N) is 2. The van der Waals surface area contributed by atoms with E-state index in [4.69, 9.17) is 12.2 Å². The van der Waals surface area contributed by atoms with E-state index >= 15 is 0 Å². The van der Waals surface area contributed by atoms with Gasteiger partial charge in [-0.2, -0.15) is 0 Å². The number of quaternary nitrogens is 1. The molecule has 1 aromatic rings. The topological polar surface area (TPSA) is 57.1 Å². The third kappa shape index (κ3) is 6.15. The first-order chi connectivity index (χ1) is 13.5. The normalized spacial score (nSPS) is 17.6. The van der Waals surface area contributed by atoms with E-state index in [1.807, 2.05) is 4.90 Å². The fourth-order valence-electron chi connectivity index (χ4n) is 3.45. The third-order valence-electron chi connectivity index (χ3n) is 5.03. The number of nitrogens with zero attached hydrogens (tertiary/aromatic N) is 2. The van der Waals surface area contributed by atoms with Crippen LogP contribution in [0.4, 0.5) is 10.1 Å². The molecule has 2 aliphatic heterocycles. The van der Waals surface area contributed by atoms with Gasteiger partial charge in [-0.3, -0.25) is 9.59 Å². The highest BCUT2D eigenvalue weighted by molar-refractivity contribution is 8.23. The minimum atomic E-state index is -0.376. The molecule has 0 bridgehead atoms. The predicted molar refractivity (Wildman–Crippen MR) is 113 cm³/mol. The zero-order valence-corrected chi connectivity index (χ0v) is 17.4. The summed E-state index contributed by atoms with van der Waals surface area (Å²) in [4.78, 5) is 29.7. The fraction of sp³-hybridized carbons (Fsp3) is 0.526. The summed E-state index contributed by atoms with van der Waals surface area (Å²) in [5, 5.41) is 2.72. The van der Waals surface area contributed by atoms with Gasteiger partial charge in [0.2, 0.25) is 5.91 Å². The molecule has 2 amide bonds. The number of hydrogen-bond donors (Lipinski definition) is 2. The van der Waals surface area contributed by atoms with Gasteiger partial charge in [0.15, 0.2) is 6.54 Å². The molecular formula is C19H26FN4O2S2+. The van der Waals surface area contributed by atoms with E-state index in [1.165, 1.54) is 36.7 Å². The van der Waals surface area contributed by atoms with Crippen molar-refractivity contribution in [3.63, 3.8) is 0 Å². The molecule has 2 aliphatic rings. The van der Waals surface area contributed by atoms with E-state index in [1.54, 1.807) is 12.1 Å². The van der Waals surface area contributed by atoms with E-state index in [0.29, 0.717) is 31.1 Å². The maximum Gasteiger partial charge on any atom is 0.279 e. The highest BCUT2D eigenvalue weighted by Crippen LogP contribution is 2.16. The number of thiocarbonyl (C=S) groups is 1. The molecule has 0 aromatic heterocycles. The second-order valence-corrected chi connectivity index (χ2v) is 8.72. The van der Waals surface area contributed by atoms with Crippen molar-refractivity contribution in [2.45, 2.75) is 12.8 Å². The van der Waals surface area contributed by atoms with Gasteiger partial charge in [-0.15, -0.1) is 0 Å². The molecule has 2 saturated heterocycles. The molecule has 1 aromatic carbocycles. The number of hydrogen-bond acceptors (Lipinski definition) is 4. The lowest BCUT2D eigenvalue weighted by Gasteiger charge is -2.32. The third-order valence-corrected chi connectivity index (χ3v) is 6.53. The molecule has 0 aliphatic carbocycles. The number of piperazine rings is 1. The molecule has 2 heterocycles. The Morgan fingerprint density at radius 3 is 2.54 bits per heavy atom. The highest BCUT2D eigenvalue weighted by atomic mass is 32.2. The number of likely N-dealkylation sites (tertiary alicyclic amines) is 1. The molecule has 152 valence electrons. The highest BCUT2D eigenvalue weighted by Gasteiger charge is 2.26. The van der Waals surface area contributed by atoms with Crippen LogP contribution in [0.1, 0.15) is 12.8 Å². The van der Waals surface area contributed by atoms with Gasteiger partial charge >= 0.3 is 0 Å². The maximum absolute atomic E-state index is 13.2. The number of carbonyl (C=O) groups excluding carboxylic acids is 2. The first-order valence-electron chi connectivity index (χ1n) is 9.60. The van der Waals surface area contributed by atoms with Crippen molar-refractivity contribution in [1.82, 2.24) is 9.80 Å². The summed E-state index contributed by atoms with van der Waals surface area (Å²) in [7, 11) is 0. The van der Waals surface area contributed by atoms with Crippen LogP contribution < -0.4 is 10.2 Å². The standard InChI is InChI=1S/C19H25FN4O2S2/c20-15-4-3-5-16(12-15)21-17(25)13-22-8-10-23(11-9-22)18(26)14-28-19(27)24-6-1-2-7-24/h3-5,12H,1-2,6-11,13-14H2,(H,21,25)/p+1. The van der Waals surface area contributed by atoms with Crippen molar-refractivity contribution in [3.05, 3.63) is 30.1 Å². The number of amides is 2. The Kier molecular flexibility index (Phi) is 7.64. The van der Waals surface area contributed by atoms with Gasteiger partial charge in [-0.25, -0.2) is 4.39 Å². The lowest BCUT2D eigenvalue weighted by atomic mass is 10.3. The first-order valence-corrected chi connectivity index (χ1v) is 11.0. The van der Waals surface area contributed by atoms with Crippen molar-refractivity contribution in [2.24, 2.45) is 0 Å². The van der Waals surface area contributed by atoms with E-state index in [9.17, 15) is 14.0 Å². The fourth-order valence-corrected chi connectivity index (χ4v) is 4.61. The van der Waals surface area contributed by atoms with Crippen molar-refractivity contribution in [3.8, 4) is 0 Å². The predicted octanol–water partition coefficient (Wildman–Crippen LogP) is 0.605. The lowest BCUT2D eigenvalue weighted by Crippen LogP contribution is -3.15. The second-order valence-electron chi connectivity index (χ2n) is 7.11. The van der Waals surface area contributed by atoms with Crippen LogP contribution in [0.3, 0.4) is 0 Å². The van der Waals surface area contributed by atoms with E-state index in [0.717, 1.165) is 35.4 Å². The summed E-state index contributed by atoms with van der Waals surface area (Å²) in [5.74, 6) is -0.0360. The Labute approximate surface area is 174 Å². The monoisotopic (exact) mass is 425 g/mol. The molecule has 2 N–H and O–H groups in total. The van der Waals surface area contributed by atoms with Gasteiger partial charge in [0.05, 0.1) is 31.9 Å². The van der Waals surface area contributed by atoms with Crippen LogP contribution in [-0.2, 0) is 9.59 Å². The summed E-state index contributed by atoms with van der Waals surface area (Å²) in [6.07, 6.45) is 2.35. The van der Waals surface area contributed by atoms with Crippen LogP contribution in [0.25, 0.3) is 0 Å². The van der Waals surface area contributed by atoms with Crippen LogP contribution in [0, 0.1) is 5.82 Å². The Morgan fingerprint density at radius 2 is 1.86 bits per heavy atom. The molecule has 28 heavy (non-hydrogen) atoms. The number of thioether (sulfide) groups is 1. The smallest absolute Gasteiger partial charge is 0.279 e. The molecular weight excluding hydrogens is 399 g/mol. The molecule has 2 fully saturated rings. The van der Waals surface area contributed by atoms with Crippen LogP contribution in [-0.4, -0.2) is 77.5 Å². The summed E-state index contributed by atoms with van der Waals surface area (Å²) in [5.41, 5.74) is 0.462. The Bertz CT molecular complexity index is 720. The average molecular weight is 426 g/mol. The number of benzene rings is 1. The van der Waals surface area contributed by atoms with Gasteiger partial charge in [0.25, 0.3) is 5.91 Å². The average Bonchev–Trinajstić information content (AvgIpc) is 3.21. The molecule has 0 spiro atoms. The van der Waals surface area contributed by atoms with E-state index in [2.05, 4.69) is 10.2 Å². The lowest BCUT2D eigenvalue weighted by molar-refractivity contribution is -0.895. The molecule has 6 nitrogen and oxygen atoms in total. The summed E-state index contributed by atoms with van der Waals surface area (Å²) >= 11 is 6.86. The number of halogens is 1. The molecule has 9 heteroatoms.